The smallest absolute Gasteiger partial charge is 0.259 e. The van der Waals surface area contributed by atoms with E-state index in [-0.39, 0.29) is 17.6 Å². The standard InChI is InChI=1S/C17H14N2O3/c1-9-5-7-13(16(21)18-9)19-12-4-2-3-10-14(20)8-6-11(15(10)12)17(19)22/h2-4,6,8,13,20H,1,5,7H2,(H,18,21). The first-order chi connectivity index (χ1) is 10.6. The van der Waals surface area contributed by atoms with E-state index in [1.165, 1.54) is 6.07 Å². The maximum Gasteiger partial charge on any atom is 0.259 e. The summed E-state index contributed by atoms with van der Waals surface area (Å²) in [5.41, 5.74) is 1.89. The van der Waals surface area contributed by atoms with Gasteiger partial charge in [0.05, 0.1) is 11.3 Å². The minimum absolute atomic E-state index is 0.136. The van der Waals surface area contributed by atoms with E-state index in [1.807, 2.05) is 6.07 Å². The molecule has 2 heterocycles. The van der Waals surface area contributed by atoms with Gasteiger partial charge in [-0.15, -0.1) is 0 Å². The number of rotatable bonds is 1. The molecule has 0 spiro atoms. The average molecular weight is 294 g/mol. The minimum Gasteiger partial charge on any atom is -0.507 e. The lowest BCUT2D eigenvalue weighted by atomic mass is 10.0. The summed E-state index contributed by atoms with van der Waals surface area (Å²) in [6.45, 7) is 3.77. The maximum absolute atomic E-state index is 12.8. The summed E-state index contributed by atoms with van der Waals surface area (Å²) in [4.78, 5) is 26.6. The van der Waals surface area contributed by atoms with Crippen molar-refractivity contribution in [2.75, 3.05) is 4.90 Å². The highest BCUT2D eigenvalue weighted by Gasteiger charge is 2.39. The number of carbonyl (C=O) groups is 2. The van der Waals surface area contributed by atoms with Crippen molar-refractivity contribution in [3.8, 4) is 5.75 Å². The first-order valence-electron chi connectivity index (χ1n) is 7.15. The second-order valence-corrected chi connectivity index (χ2v) is 5.65. The van der Waals surface area contributed by atoms with E-state index in [9.17, 15) is 14.7 Å². The molecule has 2 aromatic rings. The third kappa shape index (κ3) is 1.59. The number of carbonyl (C=O) groups excluding carboxylic acids is 2. The largest absolute Gasteiger partial charge is 0.507 e. The van der Waals surface area contributed by atoms with Crippen LogP contribution < -0.4 is 10.2 Å². The molecule has 0 aromatic heterocycles. The Morgan fingerprint density at radius 2 is 2.05 bits per heavy atom. The number of piperidine rings is 1. The van der Waals surface area contributed by atoms with Gasteiger partial charge in [-0.2, -0.15) is 0 Å². The number of amides is 2. The lowest BCUT2D eigenvalue weighted by molar-refractivity contribution is -0.122. The number of hydrogen-bond acceptors (Lipinski definition) is 3. The molecule has 2 amide bonds. The van der Waals surface area contributed by atoms with Crippen LogP contribution in [0.25, 0.3) is 10.8 Å². The Balaban J connectivity index is 1.89. The van der Waals surface area contributed by atoms with Gasteiger partial charge >= 0.3 is 0 Å². The second kappa shape index (κ2) is 4.34. The van der Waals surface area contributed by atoms with Gasteiger partial charge in [0.25, 0.3) is 5.91 Å². The van der Waals surface area contributed by atoms with Crippen molar-refractivity contribution in [3.05, 3.63) is 48.2 Å². The normalized spacial score (nSPS) is 20.6. The SMILES string of the molecule is C=C1CCC(N2C(=O)c3ccc(O)c4cccc2c34)C(=O)N1. The fourth-order valence-corrected chi connectivity index (χ4v) is 3.31. The van der Waals surface area contributed by atoms with Crippen LogP contribution in [0.4, 0.5) is 5.69 Å². The van der Waals surface area contributed by atoms with Gasteiger partial charge in [-0.1, -0.05) is 18.7 Å². The van der Waals surface area contributed by atoms with Gasteiger partial charge in [-0.05, 0) is 31.0 Å². The number of aromatic hydroxyl groups is 1. The van der Waals surface area contributed by atoms with E-state index < -0.39 is 6.04 Å². The van der Waals surface area contributed by atoms with Crippen LogP contribution in [-0.2, 0) is 4.79 Å². The fraction of sp³-hybridized carbons (Fsp3) is 0.176. The minimum atomic E-state index is -0.543. The van der Waals surface area contributed by atoms with Crippen molar-refractivity contribution >= 4 is 28.3 Å². The van der Waals surface area contributed by atoms with E-state index in [1.54, 1.807) is 23.1 Å². The van der Waals surface area contributed by atoms with Gasteiger partial charge in [0.15, 0.2) is 0 Å². The molecule has 1 saturated heterocycles. The molecule has 1 atom stereocenters. The molecule has 22 heavy (non-hydrogen) atoms. The van der Waals surface area contributed by atoms with Crippen molar-refractivity contribution in [1.82, 2.24) is 5.32 Å². The fourth-order valence-electron chi connectivity index (χ4n) is 3.31. The van der Waals surface area contributed by atoms with Crippen LogP contribution in [0.5, 0.6) is 5.75 Å². The monoisotopic (exact) mass is 294 g/mol. The summed E-state index contributed by atoms with van der Waals surface area (Å²) in [6.07, 6.45) is 1.20. The zero-order valence-corrected chi connectivity index (χ0v) is 11.8. The first-order valence-corrected chi connectivity index (χ1v) is 7.15. The van der Waals surface area contributed by atoms with Crippen LogP contribution in [0.15, 0.2) is 42.6 Å². The molecular formula is C17H14N2O3. The Bertz CT molecular complexity index is 856. The number of nitrogens with zero attached hydrogens (tertiary/aromatic N) is 1. The molecule has 0 saturated carbocycles. The number of hydrogen-bond donors (Lipinski definition) is 2. The second-order valence-electron chi connectivity index (χ2n) is 5.65. The first kappa shape index (κ1) is 12.9. The Kier molecular flexibility index (Phi) is 2.54. The number of phenols is 1. The highest BCUT2D eigenvalue weighted by atomic mass is 16.3. The molecule has 1 fully saturated rings. The van der Waals surface area contributed by atoms with Crippen molar-refractivity contribution in [3.63, 3.8) is 0 Å². The molecule has 110 valence electrons. The summed E-state index contributed by atoms with van der Waals surface area (Å²) in [7, 11) is 0. The van der Waals surface area contributed by atoms with Crippen LogP contribution in [0.3, 0.4) is 0 Å². The van der Waals surface area contributed by atoms with Crippen molar-refractivity contribution < 1.29 is 14.7 Å². The van der Waals surface area contributed by atoms with Crippen molar-refractivity contribution in [2.45, 2.75) is 18.9 Å². The molecule has 0 radical (unpaired) electrons. The van der Waals surface area contributed by atoms with Gasteiger partial charge in [-0.3, -0.25) is 14.5 Å². The molecule has 2 aliphatic rings. The summed E-state index contributed by atoms with van der Waals surface area (Å²) in [5, 5.41) is 14.1. The van der Waals surface area contributed by atoms with E-state index >= 15 is 0 Å². The highest BCUT2D eigenvalue weighted by Crippen LogP contribution is 2.42. The van der Waals surface area contributed by atoms with Gasteiger partial charge in [0, 0.05) is 16.5 Å². The molecule has 5 heteroatoms. The van der Waals surface area contributed by atoms with Gasteiger partial charge < -0.3 is 10.4 Å². The quantitative estimate of drug-likeness (QED) is 0.848. The zero-order valence-electron chi connectivity index (χ0n) is 11.8. The Morgan fingerprint density at radius 3 is 2.82 bits per heavy atom. The molecule has 2 aliphatic heterocycles. The number of allylic oxidation sites excluding steroid dienone is 1. The summed E-state index contributed by atoms with van der Waals surface area (Å²) in [5.74, 6) is -0.269. The van der Waals surface area contributed by atoms with Crippen molar-refractivity contribution in [1.29, 1.82) is 0 Å². The van der Waals surface area contributed by atoms with Gasteiger partial charge in [-0.25, -0.2) is 0 Å². The number of anilines is 1. The average Bonchev–Trinajstić information content (AvgIpc) is 2.77. The Hall–Kier alpha value is -2.82. The number of nitrogens with one attached hydrogen (secondary N) is 1. The van der Waals surface area contributed by atoms with E-state index in [0.29, 0.717) is 40.6 Å². The number of benzene rings is 2. The summed E-state index contributed by atoms with van der Waals surface area (Å²) in [6, 6.07) is 7.96. The molecule has 4 rings (SSSR count). The van der Waals surface area contributed by atoms with Crippen LogP contribution in [0, 0.1) is 0 Å². The van der Waals surface area contributed by atoms with E-state index in [2.05, 4.69) is 11.9 Å². The molecule has 2 N–H and O–H groups in total. The maximum atomic E-state index is 12.8. The van der Waals surface area contributed by atoms with Crippen molar-refractivity contribution in [2.24, 2.45) is 0 Å². The third-order valence-electron chi connectivity index (χ3n) is 4.34. The Morgan fingerprint density at radius 1 is 1.23 bits per heavy atom. The molecule has 2 aromatic carbocycles. The molecule has 1 unspecified atom stereocenters. The molecule has 5 nitrogen and oxygen atoms in total. The Labute approximate surface area is 126 Å². The van der Waals surface area contributed by atoms with Crippen LogP contribution in [0.2, 0.25) is 0 Å². The predicted octanol–water partition coefficient (Wildman–Crippen LogP) is 2.30. The molecular weight excluding hydrogens is 280 g/mol. The van der Waals surface area contributed by atoms with Crippen LogP contribution in [0.1, 0.15) is 23.2 Å². The summed E-state index contributed by atoms with van der Waals surface area (Å²) >= 11 is 0. The number of phenolic OH excluding ortho intramolecular Hbond substituents is 1. The highest BCUT2D eigenvalue weighted by molar-refractivity contribution is 6.27. The predicted molar refractivity (Wildman–Crippen MR) is 82.7 cm³/mol. The zero-order chi connectivity index (χ0) is 15.4. The third-order valence-corrected chi connectivity index (χ3v) is 4.34. The van der Waals surface area contributed by atoms with Crippen LogP contribution in [-0.4, -0.2) is 23.0 Å². The van der Waals surface area contributed by atoms with Crippen LogP contribution >= 0.6 is 0 Å². The lowest BCUT2D eigenvalue weighted by Gasteiger charge is -2.31. The summed E-state index contributed by atoms with van der Waals surface area (Å²) < 4.78 is 0. The van der Waals surface area contributed by atoms with E-state index in [0.717, 1.165) is 0 Å². The topological polar surface area (TPSA) is 69.6 Å². The molecule has 0 aliphatic carbocycles. The molecule has 0 bridgehead atoms. The van der Waals surface area contributed by atoms with Gasteiger partial charge in [0.2, 0.25) is 5.91 Å². The van der Waals surface area contributed by atoms with E-state index in [4.69, 9.17) is 0 Å². The lowest BCUT2D eigenvalue weighted by Crippen LogP contribution is -2.51. The van der Waals surface area contributed by atoms with Gasteiger partial charge in [0.1, 0.15) is 11.8 Å².